The summed E-state index contributed by atoms with van der Waals surface area (Å²) in [5.74, 6) is 0.268. The molecule has 0 aliphatic rings. The van der Waals surface area contributed by atoms with Crippen molar-refractivity contribution in [2.75, 3.05) is 13.4 Å². The van der Waals surface area contributed by atoms with Crippen LogP contribution in [-0.4, -0.2) is 26.4 Å². The maximum Gasteiger partial charge on any atom is 0.416 e. The summed E-state index contributed by atoms with van der Waals surface area (Å²) in [4.78, 5) is 12.4. The lowest BCUT2D eigenvalue weighted by molar-refractivity contribution is -0.137. The average molecular weight is 411 g/mol. The van der Waals surface area contributed by atoms with Gasteiger partial charge in [0.05, 0.1) is 17.6 Å². The first-order chi connectivity index (χ1) is 12.9. The van der Waals surface area contributed by atoms with E-state index in [9.17, 15) is 26.4 Å². The number of aryl methyl sites for hydroxylation is 1. The molecule has 0 amide bonds. The van der Waals surface area contributed by atoms with Gasteiger partial charge in [-0.2, -0.15) is 13.2 Å². The van der Waals surface area contributed by atoms with Crippen molar-refractivity contribution in [3.8, 4) is 16.9 Å². The molecule has 1 heterocycles. The van der Waals surface area contributed by atoms with E-state index in [0.717, 1.165) is 24.5 Å². The fourth-order valence-electron chi connectivity index (χ4n) is 2.98. The summed E-state index contributed by atoms with van der Waals surface area (Å²) in [6.07, 6.45) is -2.20. The maximum absolute atomic E-state index is 13.2. The molecule has 28 heavy (non-hydrogen) atoms. The second-order valence-electron chi connectivity index (χ2n) is 6.35. The number of hydrogen-bond donors (Lipinski definition) is 0. The van der Waals surface area contributed by atoms with Gasteiger partial charge in [-0.3, -0.25) is 4.79 Å². The molecule has 9 heteroatoms. The SMILES string of the molecule is COc1ccc(S(C)(=O)=O)cc1-c1cn(C)c(=O)c2ccc(C(F)(F)F)cc12. The van der Waals surface area contributed by atoms with Crippen molar-refractivity contribution < 1.29 is 26.3 Å². The summed E-state index contributed by atoms with van der Waals surface area (Å²) in [5, 5.41) is 0.140. The van der Waals surface area contributed by atoms with Crippen LogP contribution in [-0.2, 0) is 23.1 Å². The Balaban J connectivity index is 2.46. The van der Waals surface area contributed by atoms with Gasteiger partial charge in [0.15, 0.2) is 9.84 Å². The highest BCUT2D eigenvalue weighted by Gasteiger charge is 2.31. The lowest BCUT2D eigenvalue weighted by atomic mass is 9.98. The van der Waals surface area contributed by atoms with Crippen LogP contribution in [0.25, 0.3) is 21.9 Å². The van der Waals surface area contributed by atoms with Crippen molar-refractivity contribution in [3.63, 3.8) is 0 Å². The molecule has 0 aliphatic heterocycles. The van der Waals surface area contributed by atoms with Crippen LogP contribution in [0.1, 0.15) is 5.56 Å². The molecule has 0 unspecified atom stereocenters. The molecule has 3 aromatic rings. The number of methoxy groups -OCH3 is 1. The summed E-state index contributed by atoms with van der Waals surface area (Å²) in [6, 6.07) is 6.96. The molecule has 2 aromatic carbocycles. The van der Waals surface area contributed by atoms with E-state index in [1.54, 1.807) is 0 Å². The van der Waals surface area contributed by atoms with Crippen LogP contribution in [0.4, 0.5) is 13.2 Å². The number of pyridine rings is 1. The molecular weight excluding hydrogens is 395 g/mol. The Kier molecular flexibility index (Phi) is 4.74. The highest BCUT2D eigenvalue weighted by molar-refractivity contribution is 7.90. The molecule has 0 N–H and O–H groups in total. The topological polar surface area (TPSA) is 65.4 Å². The zero-order valence-corrected chi connectivity index (χ0v) is 16.0. The molecule has 0 saturated heterocycles. The predicted octanol–water partition coefficient (Wildman–Crippen LogP) is 3.64. The third-order valence-corrected chi connectivity index (χ3v) is 5.51. The Morgan fingerprint density at radius 1 is 1.00 bits per heavy atom. The Bertz CT molecular complexity index is 1240. The predicted molar refractivity (Wildman–Crippen MR) is 99.3 cm³/mol. The number of rotatable bonds is 3. The first-order valence-electron chi connectivity index (χ1n) is 8.02. The lowest BCUT2D eigenvalue weighted by Gasteiger charge is -2.15. The number of ether oxygens (including phenoxy) is 1. The van der Waals surface area contributed by atoms with Crippen LogP contribution in [0.15, 0.2) is 52.3 Å². The van der Waals surface area contributed by atoms with Gasteiger partial charge in [0.25, 0.3) is 5.56 Å². The number of benzene rings is 2. The fourth-order valence-corrected chi connectivity index (χ4v) is 3.63. The van der Waals surface area contributed by atoms with Crippen molar-refractivity contribution in [3.05, 3.63) is 58.5 Å². The van der Waals surface area contributed by atoms with Crippen LogP contribution in [0.2, 0.25) is 0 Å². The third-order valence-electron chi connectivity index (χ3n) is 4.40. The normalized spacial score (nSPS) is 12.4. The molecule has 0 aliphatic carbocycles. The van der Waals surface area contributed by atoms with E-state index in [0.29, 0.717) is 0 Å². The molecule has 0 saturated carbocycles. The number of halogens is 3. The first kappa shape index (κ1) is 19.9. The van der Waals surface area contributed by atoms with Crippen molar-refractivity contribution in [2.45, 2.75) is 11.1 Å². The molecule has 3 rings (SSSR count). The minimum absolute atomic E-state index is 0.0164. The van der Waals surface area contributed by atoms with Crippen molar-refractivity contribution in [2.24, 2.45) is 7.05 Å². The molecule has 5 nitrogen and oxygen atoms in total. The molecule has 1 aromatic heterocycles. The Morgan fingerprint density at radius 3 is 2.25 bits per heavy atom. The molecule has 0 atom stereocenters. The maximum atomic E-state index is 13.2. The minimum Gasteiger partial charge on any atom is -0.496 e. The monoisotopic (exact) mass is 411 g/mol. The zero-order valence-electron chi connectivity index (χ0n) is 15.2. The van der Waals surface area contributed by atoms with Crippen LogP contribution in [0.5, 0.6) is 5.75 Å². The second-order valence-corrected chi connectivity index (χ2v) is 8.37. The van der Waals surface area contributed by atoms with Crippen LogP contribution in [0.3, 0.4) is 0 Å². The van der Waals surface area contributed by atoms with Gasteiger partial charge in [-0.05, 0) is 41.8 Å². The third kappa shape index (κ3) is 3.49. The quantitative estimate of drug-likeness (QED) is 0.660. The summed E-state index contributed by atoms with van der Waals surface area (Å²) in [5.41, 5.74) is -0.852. The number of alkyl halides is 3. The van der Waals surface area contributed by atoms with Crippen LogP contribution in [0, 0.1) is 0 Å². The van der Waals surface area contributed by atoms with Crippen LogP contribution >= 0.6 is 0 Å². The van der Waals surface area contributed by atoms with Gasteiger partial charge in [-0.1, -0.05) is 0 Å². The molecular formula is C19H16F3NO4S. The smallest absolute Gasteiger partial charge is 0.416 e. The van der Waals surface area contributed by atoms with E-state index >= 15 is 0 Å². The van der Waals surface area contributed by atoms with Gasteiger partial charge in [-0.25, -0.2) is 8.42 Å². The molecule has 148 valence electrons. The summed E-state index contributed by atoms with van der Waals surface area (Å²) < 4.78 is 70.0. The van der Waals surface area contributed by atoms with E-state index in [1.165, 1.54) is 43.1 Å². The highest BCUT2D eigenvalue weighted by atomic mass is 32.2. The van der Waals surface area contributed by atoms with Crippen molar-refractivity contribution in [1.29, 1.82) is 0 Å². The van der Waals surface area contributed by atoms with E-state index in [1.807, 2.05) is 0 Å². The van der Waals surface area contributed by atoms with Crippen LogP contribution < -0.4 is 10.3 Å². The van der Waals surface area contributed by atoms with Crippen molar-refractivity contribution >= 4 is 20.6 Å². The summed E-state index contributed by atoms with van der Waals surface area (Å²) in [7, 11) is -0.732. The average Bonchev–Trinajstić information content (AvgIpc) is 2.62. The van der Waals surface area contributed by atoms with Gasteiger partial charge in [0.1, 0.15) is 5.75 Å². The number of sulfone groups is 1. The Morgan fingerprint density at radius 2 is 1.68 bits per heavy atom. The number of aromatic nitrogens is 1. The fraction of sp³-hybridized carbons (Fsp3) is 0.211. The molecule has 0 bridgehead atoms. The zero-order chi connectivity index (χ0) is 20.9. The van der Waals surface area contributed by atoms with Gasteiger partial charge in [0, 0.05) is 36.0 Å². The first-order valence-corrected chi connectivity index (χ1v) is 9.91. The minimum atomic E-state index is -4.59. The van der Waals surface area contributed by atoms with E-state index in [-0.39, 0.29) is 32.5 Å². The molecule has 0 fully saturated rings. The van der Waals surface area contributed by atoms with E-state index in [2.05, 4.69) is 0 Å². The molecule has 0 spiro atoms. The van der Waals surface area contributed by atoms with Crippen molar-refractivity contribution in [1.82, 2.24) is 4.57 Å². The Labute approximate surface area is 158 Å². The number of fused-ring (bicyclic) bond motifs is 1. The van der Waals surface area contributed by atoms with Gasteiger partial charge in [0.2, 0.25) is 0 Å². The van der Waals surface area contributed by atoms with Gasteiger partial charge >= 0.3 is 6.18 Å². The second kappa shape index (κ2) is 6.66. The Hall–Kier alpha value is -2.81. The molecule has 0 radical (unpaired) electrons. The summed E-state index contributed by atoms with van der Waals surface area (Å²) in [6.45, 7) is 0. The van der Waals surface area contributed by atoms with Gasteiger partial charge in [-0.15, -0.1) is 0 Å². The van der Waals surface area contributed by atoms with E-state index in [4.69, 9.17) is 4.74 Å². The lowest BCUT2D eigenvalue weighted by Crippen LogP contribution is -2.17. The van der Waals surface area contributed by atoms with E-state index < -0.39 is 27.1 Å². The van der Waals surface area contributed by atoms with Gasteiger partial charge < -0.3 is 9.30 Å². The highest BCUT2D eigenvalue weighted by Crippen LogP contribution is 2.38. The summed E-state index contributed by atoms with van der Waals surface area (Å²) >= 11 is 0. The number of hydrogen-bond acceptors (Lipinski definition) is 4. The standard InChI is InChI=1S/C19H16F3NO4S/c1-23-10-16(15-9-12(28(3,25)26)5-7-17(15)27-2)14-8-11(19(20,21)22)4-6-13(14)18(23)24/h4-10H,1-3H3. The largest absolute Gasteiger partial charge is 0.496 e. The number of nitrogens with zero attached hydrogens (tertiary/aromatic N) is 1.